The highest BCUT2D eigenvalue weighted by Crippen LogP contribution is 2.20. The summed E-state index contributed by atoms with van der Waals surface area (Å²) >= 11 is 0. The summed E-state index contributed by atoms with van der Waals surface area (Å²) in [5.74, 6) is 1.07. The minimum absolute atomic E-state index is 0.209. The maximum Gasteiger partial charge on any atom is 0.145 e. The summed E-state index contributed by atoms with van der Waals surface area (Å²) in [5.41, 5.74) is 2.47. The summed E-state index contributed by atoms with van der Waals surface area (Å²) in [6.07, 6.45) is 6.11. The van der Waals surface area contributed by atoms with Gasteiger partial charge in [0.05, 0.1) is 0 Å². The van der Waals surface area contributed by atoms with Crippen LogP contribution in [0.15, 0.2) is 12.1 Å². The average molecular weight is 248 g/mol. The predicted octanol–water partition coefficient (Wildman–Crippen LogP) is 1.98. The van der Waals surface area contributed by atoms with Crippen LogP contribution in [0.5, 0.6) is 0 Å². The summed E-state index contributed by atoms with van der Waals surface area (Å²) in [5, 5.41) is 3.35. The number of carbonyl (C=O) groups excluding carboxylic acids is 1. The molecule has 0 aliphatic carbocycles. The van der Waals surface area contributed by atoms with Crippen LogP contribution in [-0.2, 0) is 22.4 Å². The van der Waals surface area contributed by atoms with E-state index in [9.17, 15) is 4.79 Å². The van der Waals surface area contributed by atoms with Gasteiger partial charge in [-0.05, 0) is 43.7 Å². The number of nitrogens with one attached hydrogen (secondary N) is 1. The van der Waals surface area contributed by atoms with Crippen molar-refractivity contribution in [3.63, 3.8) is 0 Å². The Morgan fingerprint density at radius 2 is 2.33 bits per heavy atom. The first-order chi connectivity index (χ1) is 8.90. The summed E-state index contributed by atoms with van der Waals surface area (Å²) in [6, 6.07) is 4.31. The van der Waals surface area contributed by atoms with Crippen LogP contribution in [0.25, 0.3) is 0 Å². The number of unbranched alkanes of at least 4 members (excludes halogenated alkanes) is 1. The Morgan fingerprint density at radius 1 is 1.39 bits per heavy atom. The van der Waals surface area contributed by atoms with Crippen molar-refractivity contribution in [1.29, 1.82) is 0 Å². The molecule has 0 radical (unpaired) electrons. The number of anilines is 1. The quantitative estimate of drug-likeness (QED) is 0.592. The Kier molecular flexibility index (Phi) is 5.15. The zero-order valence-electron chi connectivity index (χ0n) is 10.7. The van der Waals surface area contributed by atoms with Crippen LogP contribution in [0.1, 0.15) is 30.5 Å². The number of nitrogens with zero attached hydrogens (tertiary/aromatic N) is 1. The largest absolute Gasteiger partial charge is 0.374 e. The van der Waals surface area contributed by atoms with Gasteiger partial charge in [-0.1, -0.05) is 6.07 Å². The number of fused-ring (bicyclic) bond motifs is 1. The summed E-state index contributed by atoms with van der Waals surface area (Å²) in [4.78, 5) is 14.7. The molecular formula is C14H20N2O2. The Labute approximate surface area is 108 Å². The van der Waals surface area contributed by atoms with Gasteiger partial charge < -0.3 is 14.8 Å². The third-order valence-corrected chi connectivity index (χ3v) is 3.11. The van der Waals surface area contributed by atoms with Crippen molar-refractivity contribution in [3.05, 3.63) is 23.4 Å². The molecule has 0 fully saturated rings. The van der Waals surface area contributed by atoms with Gasteiger partial charge in [0.1, 0.15) is 18.7 Å². The van der Waals surface area contributed by atoms with Gasteiger partial charge >= 0.3 is 0 Å². The van der Waals surface area contributed by atoms with Gasteiger partial charge in [-0.15, -0.1) is 0 Å². The fourth-order valence-electron chi connectivity index (χ4n) is 2.15. The van der Waals surface area contributed by atoms with Gasteiger partial charge in [-0.25, -0.2) is 4.98 Å². The molecule has 0 spiro atoms. The third kappa shape index (κ3) is 3.81. The number of ether oxygens (including phenoxy) is 1. The summed E-state index contributed by atoms with van der Waals surface area (Å²) < 4.78 is 5.11. The van der Waals surface area contributed by atoms with Gasteiger partial charge in [0.25, 0.3) is 0 Å². The molecule has 1 aliphatic rings. The van der Waals surface area contributed by atoms with Crippen LogP contribution in [0, 0.1) is 0 Å². The Bertz CT molecular complexity index is 393. The second-order valence-electron chi connectivity index (χ2n) is 4.54. The molecule has 4 heteroatoms. The van der Waals surface area contributed by atoms with Gasteiger partial charge in [-0.3, -0.25) is 0 Å². The number of hydrogen-bond donors (Lipinski definition) is 1. The maximum atomic E-state index is 10.1. The van der Waals surface area contributed by atoms with E-state index >= 15 is 0 Å². The molecule has 4 nitrogen and oxygen atoms in total. The minimum atomic E-state index is 0.209. The van der Waals surface area contributed by atoms with Crippen LogP contribution in [-0.4, -0.2) is 31.0 Å². The van der Waals surface area contributed by atoms with E-state index in [0.717, 1.165) is 50.0 Å². The molecule has 1 aromatic rings. The van der Waals surface area contributed by atoms with E-state index in [4.69, 9.17) is 4.74 Å². The highest BCUT2D eigenvalue weighted by atomic mass is 16.5. The number of hydrogen-bond acceptors (Lipinski definition) is 4. The van der Waals surface area contributed by atoms with E-state index < -0.39 is 0 Å². The van der Waals surface area contributed by atoms with Crippen molar-refractivity contribution in [2.75, 3.05) is 25.1 Å². The van der Waals surface area contributed by atoms with E-state index in [1.807, 2.05) is 0 Å². The maximum absolute atomic E-state index is 10.1. The fourth-order valence-corrected chi connectivity index (χ4v) is 2.15. The van der Waals surface area contributed by atoms with E-state index in [1.165, 1.54) is 12.0 Å². The van der Waals surface area contributed by atoms with Crippen molar-refractivity contribution in [3.8, 4) is 0 Å². The first-order valence-corrected chi connectivity index (χ1v) is 6.64. The van der Waals surface area contributed by atoms with Crippen molar-refractivity contribution in [2.24, 2.45) is 0 Å². The molecular weight excluding hydrogens is 228 g/mol. The van der Waals surface area contributed by atoms with Crippen LogP contribution < -0.4 is 5.32 Å². The topological polar surface area (TPSA) is 51.2 Å². The molecule has 98 valence electrons. The van der Waals surface area contributed by atoms with Crippen LogP contribution in [0.4, 0.5) is 5.82 Å². The van der Waals surface area contributed by atoms with Crippen LogP contribution >= 0.6 is 0 Å². The predicted molar refractivity (Wildman–Crippen MR) is 70.9 cm³/mol. The number of carbonyl (C=O) groups is 1. The first kappa shape index (κ1) is 13.0. The lowest BCUT2D eigenvalue weighted by molar-refractivity contribution is -0.111. The van der Waals surface area contributed by atoms with Crippen molar-refractivity contribution >= 4 is 12.1 Å². The molecule has 0 unspecified atom stereocenters. The lowest BCUT2D eigenvalue weighted by Gasteiger charge is -2.17. The normalized spacial score (nSPS) is 13.8. The molecule has 0 atom stereocenters. The van der Waals surface area contributed by atoms with Crippen molar-refractivity contribution in [2.45, 2.75) is 32.1 Å². The zero-order chi connectivity index (χ0) is 12.6. The minimum Gasteiger partial charge on any atom is -0.374 e. The molecule has 2 rings (SSSR count). The molecule has 1 N–H and O–H groups in total. The highest BCUT2D eigenvalue weighted by molar-refractivity contribution is 5.50. The highest BCUT2D eigenvalue weighted by Gasteiger charge is 2.09. The van der Waals surface area contributed by atoms with Gasteiger partial charge in [0.15, 0.2) is 0 Å². The number of rotatable bonds is 7. The molecule has 0 amide bonds. The monoisotopic (exact) mass is 248 g/mol. The Morgan fingerprint density at radius 3 is 3.22 bits per heavy atom. The number of aldehydes is 1. The average Bonchev–Trinajstić information content (AvgIpc) is 2.42. The Hall–Kier alpha value is -1.42. The number of aromatic nitrogens is 1. The van der Waals surface area contributed by atoms with E-state index in [2.05, 4.69) is 22.4 Å². The summed E-state index contributed by atoms with van der Waals surface area (Å²) in [6.45, 7) is 1.89. The van der Waals surface area contributed by atoms with Crippen molar-refractivity contribution in [1.82, 2.24) is 4.98 Å². The molecule has 2 heterocycles. The second kappa shape index (κ2) is 7.11. The second-order valence-corrected chi connectivity index (χ2v) is 4.54. The van der Waals surface area contributed by atoms with Crippen LogP contribution in [0.2, 0.25) is 0 Å². The van der Waals surface area contributed by atoms with Gasteiger partial charge in [0, 0.05) is 18.8 Å². The standard InChI is InChI=1S/C14H20N2O2/c17-9-11-18-10-2-1-5-13-7-6-12-4-3-8-15-14(12)16-13/h6-7,9H,1-5,8,10-11H2,(H,15,16). The first-order valence-electron chi connectivity index (χ1n) is 6.64. The van der Waals surface area contributed by atoms with Gasteiger partial charge in [-0.2, -0.15) is 0 Å². The smallest absolute Gasteiger partial charge is 0.145 e. The molecule has 0 aromatic carbocycles. The fraction of sp³-hybridized carbons (Fsp3) is 0.571. The molecule has 1 aromatic heterocycles. The lowest BCUT2D eigenvalue weighted by Crippen LogP contribution is -2.14. The van der Waals surface area contributed by atoms with Crippen LogP contribution in [0.3, 0.4) is 0 Å². The Balaban J connectivity index is 1.74. The van der Waals surface area contributed by atoms with Crippen molar-refractivity contribution < 1.29 is 9.53 Å². The molecule has 18 heavy (non-hydrogen) atoms. The van der Waals surface area contributed by atoms with E-state index in [-0.39, 0.29) is 6.61 Å². The summed E-state index contributed by atoms with van der Waals surface area (Å²) in [7, 11) is 0. The number of aryl methyl sites for hydroxylation is 2. The SMILES string of the molecule is O=CCOCCCCc1ccc2c(n1)NCCC2. The molecule has 0 saturated heterocycles. The molecule has 0 bridgehead atoms. The third-order valence-electron chi connectivity index (χ3n) is 3.11. The van der Waals surface area contributed by atoms with E-state index in [1.54, 1.807) is 0 Å². The number of pyridine rings is 1. The molecule has 0 saturated carbocycles. The zero-order valence-corrected chi connectivity index (χ0v) is 10.7. The molecule has 1 aliphatic heterocycles. The lowest BCUT2D eigenvalue weighted by atomic mass is 10.1. The van der Waals surface area contributed by atoms with Gasteiger partial charge in [0.2, 0.25) is 0 Å². The van der Waals surface area contributed by atoms with E-state index in [0.29, 0.717) is 6.61 Å².